The Morgan fingerprint density at radius 3 is 2.29 bits per heavy atom. The van der Waals surface area contributed by atoms with Gasteiger partial charge in [-0.05, 0) is 37.1 Å². The largest absolute Gasteiger partial charge is 0.332 e. The van der Waals surface area contributed by atoms with Crippen molar-refractivity contribution in [3.63, 3.8) is 0 Å². The lowest BCUT2D eigenvalue weighted by Crippen LogP contribution is -2.00. The highest BCUT2D eigenvalue weighted by atomic mass is 32.3. The van der Waals surface area contributed by atoms with Gasteiger partial charge >= 0.3 is 10.2 Å². The van der Waals surface area contributed by atoms with Gasteiger partial charge in [0.25, 0.3) is 0 Å². The van der Waals surface area contributed by atoms with Gasteiger partial charge in [-0.25, -0.2) is 0 Å². The third kappa shape index (κ3) is 1.98. The van der Waals surface area contributed by atoms with E-state index in [-0.39, 0.29) is 11.1 Å². The zero-order valence-corrected chi connectivity index (χ0v) is 8.56. The number of carbonyl (C=O) groups excluding carboxylic acids is 1. The van der Waals surface area contributed by atoms with Crippen LogP contribution in [0, 0.1) is 13.8 Å². The molecule has 1 rings (SSSR count). The second-order valence-corrected chi connectivity index (χ2v) is 4.35. The average Bonchev–Trinajstić information content (AvgIpc) is 2.06. The minimum absolute atomic E-state index is 0.146. The highest BCUT2D eigenvalue weighted by Gasteiger charge is 2.17. The number of aryl methyl sites for hydroxylation is 1. The lowest BCUT2D eigenvalue weighted by Gasteiger charge is -2.05. The first-order chi connectivity index (χ1) is 6.36. The molecule has 0 aromatic heterocycles. The van der Waals surface area contributed by atoms with Crippen LogP contribution in [0.3, 0.4) is 0 Å². The van der Waals surface area contributed by atoms with Crippen LogP contribution in [0.2, 0.25) is 0 Å². The van der Waals surface area contributed by atoms with Crippen LogP contribution in [0.15, 0.2) is 17.0 Å². The van der Waals surface area contributed by atoms with E-state index in [1.807, 2.05) is 0 Å². The molecular weight excluding hydrogens is 207 g/mol. The van der Waals surface area contributed by atoms with E-state index in [0.717, 1.165) is 0 Å². The summed E-state index contributed by atoms with van der Waals surface area (Å²) in [6.07, 6.45) is 0.511. The first kappa shape index (κ1) is 10.8. The summed E-state index contributed by atoms with van der Waals surface area (Å²) < 4.78 is 34.1. The van der Waals surface area contributed by atoms with Gasteiger partial charge in [-0.2, -0.15) is 8.42 Å². The molecule has 0 aliphatic rings. The normalized spacial score (nSPS) is 11.4. The molecule has 0 fully saturated rings. The summed E-state index contributed by atoms with van der Waals surface area (Å²) in [5.74, 6) is 0. The smallest absolute Gasteiger partial charge is 0.298 e. The van der Waals surface area contributed by atoms with Crippen molar-refractivity contribution in [3.05, 3.63) is 28.8 Å². The molecule has 5 heteroatoms. The minimum atomic E-state index is -4.75. The van der Waals surface area contributed by atoms with E-state index < -0.39 is 15.1 Å². The van der Waals surface area contributed by atoms with Crippen LogP contribution in [0.5, 0.6) is 0 Å². The molecule has 0 spiro atoms. The lowest BCUT2D eigenvalue weighted by atomic mass is 10.1. The molecule has 14 heavy (non-hydrogen) atoms. The van der Waals surface area contributed by atoms with E-state index in [0.29, 0.717) is 11.8 Å². The Kier molecular flexibility index (Phi) is 2.71. The predicted octanol–water partition coefficient (Wildman–Crippen LogP) is 1.77. The molecule has 0 amide bonds. The maximum atomic E-state index is 12.7. The van der Waals surface area contributed by atoms with Gasteiger partial charge < -0.3 is 0 Å². The quantitative estimate of drug-likeness (QED) is 0.559. The van der Waals surface area contributed by atoms with E-state index in [4.69, 9.17) is 0 Å². The highest BCUT2D eigenvalue weighted by molar-refractivity contribution is 7.86. The van der Waals surface area contributed by atoms with Gasteiger partial charge in [-0.3, -0.25) is 4.79 Å². The Bertz CT molecular complexity index is 477. The zero-order chi connectivity index (χ0) is 10.9. The molecule has 1 aromatic rings. The van der Waals surface area contributed by atoms with Crippen molar-refractivity contribution in [2.24, 2.45) is 0 Å². The molecule has 3 nitrogen and oxygen atoms in total. The molecule has 0 N–H and O–H groups in total. The number of benzene rings is 1. The molecule has 0 aliphatic carbocycles. The third-order valence-corrected chi connectivity index (χ3v) is 2.88. The second-order valence-electron chi connectivity index (χ2n) is 3.03. The van der Waals surface area contributed by atoms with Crippen molar-refractivity contribution in [3.8, 4) is 0 Å². The summed E-state index contributed by atoms with van der Waals surface area (Å²) in [6.45, 7) is 3.00. The predicted molar refractivity (Wildman–Crippen MR) is 49.6 cm³/mol. The van der Waals surface area contributed by atoms with Crippen LogP contribution in [0.25, 0.3) is 0 Å². The number of aldehydes is 1. The van der Waals surface area contributed by atoms with Crippen LogP contribution in [-0.4, -0.2) is 14.7 Å². The number of hydrogen-bond donors (Lipinski definition) is 0. The third-order valence-electron chi connectivity index (χ3n) is 1.93. The maximum absolute atomic E-state index is 12.7. The van der Waals surface area contributed by atoms with Gasteiger partial charge in [0.1, 0.15) is 11.2 Å². The van der Waals surface area contributed by atoms with Crippen LogP contribution in [0.4, 0.5) is 3.89 Å². The maximum Gasteiger partial charge on any atom is 0.332 e. The molecule has 0 atom stereocenters. The molecular formula is C9H9FO3S. The SMILES string of the molecule is Cc1cc(C=O)c(C)c(S(=O)(=O)F)c1. The van der Waals surface area contributed by atoms with E-state index >= 15 is 0 Å². The summed E-state index contributed by atoms with van der Waals surface area (Å²) >= 11 is 0. The van der Waals surface area contributed by atoms with Crippen LogP contribution in [0.1, 0.15) is 21.5 Å². The average molecular weight is 216 g/mol. The van der Waals surface area contributed by atoms with Crippen molar-refractivity contribution in [2.45, 2.75) is 18.7 Å². The first-order valence-corrected chi connectivity index (χ1v) is 5.25. The Morgan fingerprint density at radius 1 is 1.29 bits per heavy atom. The number of halogens is 1. The molecule has 0 unspecified atom stereocenters. The summed E-state index contributed by atoms with van der Waals surface area (Å²) in [6, 6.07) is 2.72. The Balaban J connectivity index is 3.61. The molecule has 0 radical (unpaired) electrons. The summed E-state index contributed by atoms with van der Waals surface area (Å²) in [7, 11) is -4.75. The van der Waals surface area contributed by atoms with E-state index in [1.54, 1.807) is 6.92 Å². The molecule has 1 aromatic carbocycles. The van der Waals surface area contributed by atoms with Crippen molar-refractivity contribution in [1.29, 1.82) is 0 Å². The molecule has 76 valence electrons. The zero-order valence-electron chi connectivity index (χ0n) is 7.74. The lowest BCUT2D eigenvalue weighted by molar-refractivity contribution is 0.112. The Morgan fingerprint density at radius 2 is 1.86 bits per heavy atom. The van der Waals surface area contributed by atoms with E-state index in [9.17, 15) is 17.1 Å². The fourth-order valence-electron chi connectivity index (χ4n) is 1.23. The molecule has 0 saturated carbocycles. The van der Waals surface area contributed by atoms with E-state index in [2.05, 4.69) is 0 Å². The van der Waals surface area contributed by atoms with Gasteiger partial charge in [0.05, 0.1) is 0 Å². The van der Waals surface area contributed by atoms with Crippen LogP contribution in [-0.2, 0) is 10.2 Å². The minimum Gasteiger partial charge on any atom is -0.298 e. The second kappa shape index (κ2) is 3.49. The van der Waals surface area contributed by atoms with Gasteiger partial charge in [0.15, 0.2) is 0 Å². The van der Waals surface area contributed by atoms with Gasteiger partial charge in [0.2, 0.25) is 0 Å². The van der Waals surface area contributed by atoms with E-state index in [1.165, 1.54) is 19.1 Å². The van der Waals surface area contributed by atoms with Crippen molar-refractivity contribution >= 4 is 16.5 Å². The van der Waals surface area contributed by atoms with Gasteiger partial charge in [-0.1, -0.05) is 0 Å². The molecule has 0 saturated heterocycles. The summed E-state index contributed by atoms with van der Waals surface area (Å²) in [5.41, 5.74) is 0.878. The number of hydrogen-bond acceptors (Lipinski definition) is 3. The van der Waals surface area contributed by atoms with Crippen LogP contribution >= 0.6 is 0 Å². The van der Waals surface area contributed by atoms with Crippen molar-refractivity contribution < 1.29 is 17.1 Å². The topological polar surface area (TPSA) is 51.2 Å². The number of rotatable bonds is 2. The first-order valence-electron chi connectivity index (χ1n) is 3.87. The Labute approximate surface area is 81.8 Å². The van der Waals surface area contributed by atoms with Crippen molar-refractivity contribution in [2.75, 3.05) is 0 Å². The van der Waals surface area contributed by atoms with Gasteiger partial charge in [0, 0.05) is 5.56 Å². The fourth-order valence-corrected chi connectivity index (χ4v) is 2.04. The Hall–Kier alpha value is -1.23. The molecule has 0 aliphatic heterocycles. The summed E-state index contributed by atoms with van der Waals surface area (Å²) in [5, 5.41) is 0. The monoisotopic (exact) mass is 216 g/mol. The highest BCUT2D eigenvalue weighted by Crippen LogP contribution is 2.21. The number of carbonyl (C=O) groups is 1. The van der Waals surface area contributed by atoms with Crippen molar-refractivity contribution in [1.82, 2.24) is 0 Å². The molecule has 0 bridgehead atoms. The fraction of sp³-hybridized carbons (Fsp3) is 0.222. The standard InChI is InChI=1S/C9H9FO3S/c1-6-3-8(5-11)7(2)9(4-6)14(10,12)13/h3-5H,1-2H3. The van der Waals surface area contributed by atoms with Gasteiger partial charge in [-0.15, -0.1) is 3.89 Å². The molecule has 0 heterocycles. The summed E-state index contributed by atoms with van der Waals surface area (Å²) in [4.78, 5) is 10.1. The van der Waals surface area contributed by atoms with Crippen LogP contribution < -0.4 is 0 Å².